The first kappa shape index (κ1) is 17.0. The summed E-state index contributed by atoms with van der Waals surface area (Å²) in [6.07, 6.45) is 1.21. The summed E-state index contributed by atoms with van der Waals surface area (Å²) in [5.41, 5.74) is 3.17. The normalized spacial score (nSPS) is 14.5. The number of halogens is 1. The Balaban J connectivity index is 1.50. The fourth-order valence-corrected chi connectivity index (χ4v) is 3.20. The number of benzene rings is 2. The predicted molar refractivity (Wildman–Crippen MR) is 101 cm³/mol. The molecule has 2 aromatic carbocycles. The van der Waals surface area contributed by atoms with Crippen LogP contribution in [0.5, 0.6) is 0 Å². The highest BCUT2D eigenvalue weighted by Crippen LogP contribution is 2.19. The van der Waals surface area contributed by atoms with Gasteiger partial charge in [-0.3, -0.25) is 4.79 Å². The average Bonchev–Trinajstić information content (AvgIpc) is 2.61. The average molecular weight is 389 g/mol. The fourth-order valence-electron chi connectivity index (χ4n) is 2.75. The van der Waals surface area contributed by atoms with E-state index in [1.54, 1.807) is 0 Å². The monoisotopic (exact) mass is 388 g/mol. The van der Waals surface area contributed by atoms with Crippen molar-refractivity contribution in [3.63, 3.8) is 0 Å². The Kier molecular flexibility index (Phi) is 5.88. The predicted octanol–water partition coefficient (Wildman–Crippen LogP) is 3.86. The van der Waals surface area contributed by atoms with Gasteiger partial charge < -0.3 is 15.0 Å². The van der Waals surface area contributed by atoms with Gasteiger partial charge in [-0.05, 0) is 48.4 Å². The zero-order valence-electron chi connectivity index (χ0n) is 13.5. The van der Waals surface area contributed by atoms with E-state index in [1.165, 1.54) is 5.69 Å². The summed E-state index contributed by atoms with van der Waals surface area (Å²) < 4.78 is 6.41. The van der Waals surface area contributed by atoms with Gasteiger partial charge in [0, 0.05) is 35.4 Å². The molecule has 24 heavy (non-hydrogen) atoms. The lowest BCUT2D eigenvalue weighted by molar-refractivity contribution is -0.116. The van der Waals surface area contributed by atoms with Crippen molar-refractivity contribution in [2.75, 3.05) is 36.5 Å². The first-order valence-electron chi connectivity index (χ1n) is 8.18. The van der Waals surface area contributed by atoms with Crippen molar-refractivity contribution in [1.82, 2.24) is 0 Å². The molecule has 2 aromatic rings. The topological polar surface area (TPSA) is 41.6 Å². The van der Waals surface area contributed by atoms with Crippen LogP contribution in [0.3, 0.4) is 0 Å². The maximum Gasteiger partial charge on any atom is 0.224 e. The van der Waals surface area contributed by atoms with Gasteiger partial charge in [0.1, 0.15) is 0 Å². The van der Waals surface area contributed by atoms with E-state index in [2.05, 4.69) is 38.3 Å². The van der Waals surface area contributed by atoms with E-state index in [0.717, 1.165) is 48.4 Å². The molecule has 126 valence electrons. The van der Waals surface area contributed by atoms with Crippen molar-refractivity contribution in [3.05, 3.63) is 58.6 Å². The van der Waals surface area contributed by atoms with Gasteiger partial charge in [0.25, 0.3) is 0 Å². The zero-order valence-corrected chi connectivity index (χ0v) is 15.1. The lowest BCUT2D eigenvalue weighted by Gasteiger charge is -2.28. The van der Waals surface area contributed by atoms with Crippen molar-refractivity contribution in [1.29, 1.82) is 0 Å². The second-order valence-electron chi connectivity index (χ2n) is 5.82. The zero-order chi connectivity index (χ0) is 16.8. The van der Waals surface area contributed by atoms with Gasteiger partial charge >= 0.3 is 0 Å². The third kappa shape index (κ3) is 4.82. The van der Waals surface area contributed by atoms with E-state index < -0.39 is 0 Å². The molecular formula is C19H21BrN2O2. The molecule has 0 radical (unpaired) electrons. The van der Waals surface area contributed by atoms with Crippen LogP contribution in [0.4, 0.5) is 11.4 Å². The summed E-state index contributed by atoms with van der Waals surface area (Å²) in [5, 5.41) is 2.96. The maximum absolute atomic E-state index is 12.1. The molecule has 0 atom stereocenters. The molecule has 0 bridgehead atoms. The van der Waals surface area contributed by atoms with E-state index >= 15 is 0 Å². The van der Waals surface area contributed by atoms with Crippen molar-refractivity contribution < 1.29 is 9.53 Å². The molecule has 0 aliphatic carbocycles. The van der Waals surface area contributed by atoms with Crippen LogP contribution in [0, 0.1) is 0 Å². The van der Waals surface area contributed by atoms with Crippen LogP contribution in [-0.4, -0.2) is 32.2 Å². The maximum atomic E-state index is 12.1. The quantitative estimate of drug-likeness (QED) is 0.845. The molecule has 3 rings (SSSR count). The largest absolute Gasteiger partial charge is 0.378 e. The Morgan fingerprint density at radius 3 is 2.58 bits per heavy atom. The van der Waals surface area contributed by atoms with Crippen molar-refractivity contribution >= 4 is 33.2 Å². The number of nitrogens with zero attached hydrogens (tertiary/aromatic N) is 1. The summed E-state index contributed by atoms with van der Waals surface area (Å²) in [5.74, 6) is 0.0362. The van der Waals surface area contributed by atoms with E-state index in [-0.39, 0.29) is 5.91 Å². The lowest BCUT2D eigenvalue weighted by Crippen LogP contribution is -2.36. The summed E-state index contributed by atoms with van der Waals surface area (Å²) in [6, 6.07) is 16.1. The van der Waals surface area contributed by atoms with Crippen molar-refractivity contribution in [2.45, 2.75) is 12.8 Å². The van der Waals surface area contributed by atoms with Crippen LogP contribution in [-0.2, 0) is 16.0 Å². The molecule has 5 heteroatoms. The number of carbonyl (C=O) groups is 1. The Hall–Kier alpha value is -1.85. The number of hydrogen-bond donors (Lipinski definition) is 1. The summed E-state index contributed by atoms with van der Waals surface area (Å²) >= 11 is 3.45. The van der Waals surface area contributed by atoms with Gasteiger partial charge in [-0.1, -0.05) is 28.1 Å². The number of nitrogens with one attached hydrogen (secondary N) is 1. The lowest BCUT2D eigenvalue weighted by atomic mass is 10.1. The first-order valence-corrected chi connectivity index (χ1v) is 8.97. The number of hydrogen-bond acceptors (Lipinski definition) is 3. The van der Waals surface area contributed by atoms with Crippen LogP contribution in [0.2, 0.25) is 0 Å². The third-order valence-corrected chi connectivity index (χ3v) is 4.55. The van der Waals surface area contributed by atoms with Crippen LogP contribution in [0.25, 0.3) is 0 Å². The molecule has 1 fully saturated rings. The highest BCUT2D eigenvalue weighted by molar-refractivity contribution is 9.10. The SMILES string of the molecule is O=C(CCc1cccc(Br)c1)Nc1ccc(N2CCOCC2)cc1. The third-order valence-electron chi connectivity index (χ3n) is 4.06. The van der Waals surface area contributed by atoms with Crippen molar-refractivity contribution in [3.8, 4) is 0 Å². The van der Waals surface area contributed by atoms with E-state index in [4.69, 9.17) is 4.74 Å². The van der Waals surface area contributed by atoms with Gasteiger partial charge in [-0.25, -0.2) is 0 Å². The number of anilines is 2. The van der Waals surface area contributed by atoms with Crippen LogP contribution in [0.1, 0.15) is 12.0 Å². The number of rotatable bonds is 5. The molecule has 1 aliphatic heterocycles. The van der Waals surface area contributed by atoms with Crippen LogP contribution < -0.4 is 10.2 Å². The fraction of sp³-hybridized carbons (Fsp3) is 0.316. The van der Waals surface area contributed by atoms with Gasteiger partial charge in [-0.15, -0.1) is 0 Å². The number of aryl methyl sites for hydroxylation is 1. The molecule has 1 heterocycles. The number of amides is 1. The van der Waals surface area contributed by atoms with Gasteiger partial charge in [0.05, 0.1) is 13.2 Å². The highest BCUT2D eigenvalue weighted by atomic mass is 79.9. The van der Waals surface area contributed by atoms with Crippen LogP contribution in [0.15, 0.2) is 53.0 Å². The molecule has 0 unspecified atom stereocenters. The molecule has 1 aliphatic rings. The first-order chi connectivity index (χ1) is 11.7. The van der Waals surface area contributed by atoms with Crippen LogP contribution >= 0.6 is 15.9 Å². The number of ether oxygens (including phenoxy) is 1. The Bertz CT molecular complexity index is 682. The standard InChI is InChI=1S/C19H21BrN2O2/c20-16-3-1-2-15(14-16)4-9-19(23)21-17-5-7-18(8-6-17)22-10-12-24-13-11-22/h1-3,5-8,14H,4,9-13H2,(H,21,23). The molecule has 1 amide bonds. The molecule has 0 saturated carbocycles. The Morgan fingerprint density at radius 2 is 1.88 bits per heavy atom. The minimum atomic E-state index is 0.0362. The minimum Gasteiger partial charge on any atom is -0.378 e. The summed E-state index contributed by atoms with van der Waals surface area (Å²) in [6.45, 7) is 3.37. The second-order valence-corrected chi connectivity index (χ2v) is 6.74. The minimum absolute atomic E-state index is 0.0362. The molecular weight excluding hydrogens is 368 g/mol. The molecule has 0 spiro atoms. The van der Waals surface area contributed by atoms with Gasteiger partial charge in [0.2, 0.25) is 5.91 Å². The van der Waals surface area contributed by atoms with E-state index in [9.17, 15) is 4.79 Å². The smallest absolute Gasteiger partial charge is 0.224 e. The molecule has 0 aromatic heterocycles. The van der Waals surface area contributed by atoms with Gasteiger partial charge in [0.15, 0.2) is 0 Å². The van der Waals surface area contributed by atoms with Crippen molar-refractivity contribution in [2.24, 2.45) is 0 Å². The van der Waals surface area contributed by atoms with E-state index in [0.29, 0.717) is 6.42 Å². The molecule has 1 N–H and O–H groups in total. The summed E-state index contributed by atoms with van der Waals surface area (Å²) in [4.78, 5) is 14.4. The second kappa shape index (κ2) is 8.31. The molecule has 4 nitrogen and oxygen atoms in total. The number of morpholine rings is 1. The summed E-state index contributed by atoms with van der Waals surface area (Å²) in [7, 11) is 0. The van der Waals surface area contributed by atoms with E-state index in [1.807, 2.05) is 36.4 Å². The Labute approximate surface area is 150 Å². The molecule has 1 saturated heterocycles. The van der Waals surface area contributed by atoms with Gasteiger partial charge in [-0.2, -0.15) is 0 Å². The number of carbonyl (C=O) groups excluding carboxylic acids is 1. The Morgan fingerprint density at radius 1 is 1.12 bits per heavy atom. The highest BCUT2D eigenvalue weighted by Gasteiger charge is 2.11.